The van der Waals surface area contributed by atoms with Crippen molar-refractivity contribution in [1.29, 1.82) is 0 Å². The van der Waals surface area contributed by atoms with Gasteiger partial charge in [0.25, 0.3) is 0 Å². The lowest BCUT2D eigenvalue weighted by Crippen LogP contribution is -2.40. The van der Waals surface area contributed by atoms with Gasteiger partial charge in [-0.2, -0.15) is 0 Å². The molecule has 2 rings (SSSR count). The monoisotopic (exact) mass is 334 g/mol. The molecular formula is C19H27FN2O2. The first-order chi connectivity index (χ1) is 11.5. The van der Waals surface area contributed by atoms with Crippen molar-refractivity contribution in [3.05, 3.63) is 35.6 Å². The normalized spacial score (nSPS) is 17.6. The Kier molecular flexibility index (Phi) is 6.76. The van der Waals surface area contributed by atoms with E-state index in [2.05, 4.69) is 0 Å². The summed E-state index contributed by atoms with van der Waals surface area (Å²) in [5, 5.41) is 0. The van der Waals surface area contributed by atoms with E-state index in [1.165, 1.54) is 11.0 Å². The predicted octanol–water partition coefficient (Wildman–Crippen LogP) is 2.87. The lowest BCUT2D eigenvalue weighted by Gasteiger charge is -2.33. The largest absolute Gasteiger partial charge is 0.349 e. The van der Waals surface area contributed by atoms with Gasteiger partial charge in [-0.15, -0.1) is 0 Å². The van der Waals surface area contributed by atoms with E-state index in [9.17, 15) is 14.0 Å². The zero-order chi connectivity index (χ0) is 17.5. The highest BCUT2D eigenvalue weighted by molar-refractivity contribution is 5.83. The molecule has 132 valence electrons. The van der Waals surface area contributed by atoms with Gasteiger partial charge in [-0.05, 0) is 43.2 Å². The second kappa shape index (κ2) is 8.81. The third-order valence-electron chi connectivity index (χ3n) is 4.70. The van der Waals surface area contributed by atoms with Gasteiger partial charge in [0.15, 0.2) is 0 Å². The van der Waals surface area contributed by atoms with Crippen molar-refractivity contribution in [3.63, 3.8) is 0 Å². The number of amides is 2. The molecule has 1 aliphatic rings. The number of carbonyl (C=O) groups is 2. The number of piperidine rings is 1. The predicted molar refractivity (Wildman–Crippen MR) is 92.0 cm³/mol. The molecule has 5 heteroatoms. The second-order valence-corrected chi connectivity index (χ2v) is 6.77. The number of benzene rings is 1. The topological polar surface area (TPSA) is 40.6 Å². The fourth-order valence-corrected chi connectivity index (χ4v) is 3.18. The zero-order valence-electron chi connectivity index (χ0n) is 14.6. The van der Waals surface area contributed by atoms with Crippen molar-refractivity contribution in [1.82, 2.24) is 9.80 Å². The van der Waals surface area contributed by atoms with Crippen LogP contribution in [0.25, 0.3) is 0 Å². The van der Waals surface area contributed by atoms with Gasteiger partial charge in [-0.1, -0.05) is 18.2 Å². The molecule has 0 spiro atoms. The first-order valence-electron chi connectivity index (χ1n) is 8.68. The molecule has 1 aliphatic heterocycles. The summed E-state index contributed by atoms with van der Waals surface area (Å²) in [5.74, 6) is 0.299. The van der Waals surface area contributed by atoms with Crippen LogP contribution in [0.3, 0.4) is 0 Å². The molecule has 1 saturated heterocycles. The van der Waals surface area contributed by atoms with Crippen molar-refractivity contribution >= 4 is 11.8 Å². The summed E-state index contributed by atoms with van der Waals surface area (Å²) < 4.78 is 13.7. The maximum absolute atomic E-state index is 13.7. The van der Waals surface area contributed by atoms with Gasteiger partial charge in [0.1, 0.15) is 5.82 Å². The van der Waals surface area contributed by atoms with Crippen LogP contribution in [0.4, 0.5) is 4.39 Å². The van der Waals surface area contributed by atoms with E-state index < -0.39 is 0 Å². The van der Waals surface area contributed by atoms with Crippen LogP contribution in [-0.4, -0.2) is 48.8 Å². The Morgan fingerprint density at radius 1 is 1.25 bits per heavy atom. The van der Waals surface area contributed by atoms with Crippen molar-refractivity contribution in [2.75, 3.05) is 27.2 Å². The summed E-state index contributed by atoms with van der Waals surface area (Å²) in [5.41, 5.74) is 0.748. The fraction of sp³-hybridized carbons (Fsp3) is 0.579. The van der Waals surface area contributed by atoms with Crippen molar-refractivity contribution < 1.29 is 14.0 Å². The highest BCUT2D eigenvalue weighted by Gasteiger charge is 2.24. The Balaban J connectivity index is 1.80. The first kappa shape index (κ1) is 18.4. The minimum absolute atomic E-state index is 0.0172. The minimum Gasteiger partial charge on any atom is -0.349 e. The molecule has 0 radical (unpaired) electrons. The summed E-state index contributed by atoms with van der Waals surface area (Å²) in [6, 6.07) is 6.88. The lowest BCUT2D eigenvalue weighted by molar-refractivity contribution is -0.137. The Hall–Kier alpha value is -1.91. The van der Waals surface area contributed by atoms with Crippen LogP contribution in [0, 0.1) is 11.7 Å². The van der Waals surface area contributed by atoms with Crippen LogP contribution in [-0.2, 0) is 16.0 Å². The van der Waals surface area contributed by atoms with Crippen molar-refractivity contribution in [2.45, 2.75) is 38.5 Å². The van der Waals surface area contributed by atoms with E-state index >= 15 is 0 Å². The standard InChI is InChI=1S/C19H27FN2O2/c1-21(2)18(23)11-12-19(24)22-13-5-6-15(14-22)9-10-16-7-3-4-8-17(16)20/h3-4,7-8,15H,5-6,9-14H2,1-2H3/t15-/m0/s1. The lowest BCUT2D eigenvalue weighted by atomic mass is 9.91. The zero-order valence-corrected chi connectivity index (χ0v) is 14.6. The van der Waals surface area contributed by atoms with E-state index in [4.69, 9.17) is 0 Å². The number of aryl methyl sites for hydroxylation is 1. The summed E-state index contributed by atoms with van der Waals surface area (Å²) in [4.78, 5) is 27.3. The number of hydrogen-bond acceptors (Lipinski definition) is 2. The number of halogens is 1. The van der Waals surface area contributed by atoms with Crippen LogP contribution in [0.5, 0.6) is 0 Å². The van der Waals surface area contributed by atoms with Gasteiger partial charge in [0, 0.05) is 40.0 Å². The average molecular weight is 334 g/mol. The van der Waals surface area contributed by atoms with E-state index in [-0.39, 0.29) is 30.5 Å². The molecular weight excluding hydrogens is 307 g/mol. The van der Waals surface area contributed by atoms with Crippen LogP contribution in [0.15, 0.2) is 24.3 Å². The number of rotatable bonds is 6. The minimum atomic E-state index is -0.150. The number of carbonyl (C=O) groups excluding carboxylic acids is 2. The molecule has 0 saturated carbocycles. The maximum atomic E-state index is 13.7. The Bertz CT molecular complexity index is 574. The summed E-state index contributed by atoms with van der Waals surface area (Å²) in [7, 11) is 3.40. The third-order valence-corrected chi connectivity index (χ3v) is 4.70. The van der Waals surface area contributed by atoms with Crippen LogP contribution >= 0.6 is 0 Å². The van der Waals surface area contributed by atoms with Crippen LogP contribution in [0.1, 0.15) is 37.7 Å². The summed E-state index contributed by atoms with van der Waals surface area (Å²) >= 11 is 0. The third kappa shape index (κ3) is 5.32. The molecule has 1 aromatic rings. The van der Waals surface area contributed by atoms with Gasteiger partial charge in [-0.25, -0.2) is 4.39 Å². The molecule has 1 fully saturated rings. The molecule has 2 amide bonds. The van der Waals surface area contributed by atoms with Crippen LogP contribution in [0.2, 0.25) is 0 Å². The van der Waals surface area contributed by atoms with Gasteiger partial charge in [0.05, 0.1) is 0 Å². The number of hydrogen-bond donors (Lipinski definition) is 0. The molecule has 24 heavy (non-hydrogen) atoms. The highest BCUT2D eigenvalue weighted by atomic mass is 19.1. The van der Waals surface area contributed by atoms with E-state index in [1.54, 1.807) is 20.2 Å². The number of nitrogens with zero attached hydrogens (tertiary/aromatic N) is 2. The van der Waals surface area contributed by atoms with Gasteiger partial charge in [0.2, 0.25) is 11.8 Å². The SMILES string of the molecule is CN(C)C(=O)CCC(=O)N1CCC[C@@H](CCc2ccccc2F)C1. The Morgan fingerprint density at radius 2 is 2.00 bits per heavy atom. The summed E-state index contributed by atoms with van der Waals surface area (Å²) in [6.07, 6.45) is 4.20. The van der Waals surface area contributed by atoms with Gasteiger partial charge < -0.3 is 9.80 Å². The molecule has 0 aliphatic carbocycles. The molecule has 1 heterocycles. The molecule has 0 N–H and O–H groups in total. The molecule has 0 unspecified atom stereocenters. The molecule has 0 aromatic heterocycles. The Morgan fingerprint density at radius 3 is 2.71 bits per heavy atom. The van der Waals surface area contributed by atoms with E-state index in [0.717, 1.165) is 37.9 Å². The molecule has 1 aromatic carbocycles. The molecule has 0 bridgehead atoms. The summed E-state index contributed by atoms with van der Waals surface area (Å²) in [6.45, 7) is 1.49. The van der Waals surface area contributed by atoms with Gasteiger partial charge >= 0.3 is 0 Å². The van der Waals surface area contributed by atoms with Crippen LogP contribution < -0.4 is 0 Å². The average Bonchev–Trinajstić information content (AvgIpc) is 2.58. The number of likely N-dealkylation sites (tertiary alicyclic amines) is 1. The van der Waals surface area contributed by atoms with Gasteiger partial charge in [-0.3, -0.25) is 9.59 Å². The van der Waals surface area contributed by atoms with E-state index in [1.807, 2.05) is 17.0 Å². The van der Waals surface area contributed by atoms with Crippen molar-refractivity contribution in [2.24, 2.45) is 5.92 Å². The maximum Gasteiger partial charge on any atom is 0.223 e. The quantitative estimate of drug-likeness (QED) is 0.803. The molecule has 1 atom stereocenters. The van der Waals surface area contributed by atoms with Crippen molar-refractivity contribution in [3.8, 4) is 0 Å². The molecule has 4 nitrogen and oxygen atoms in total. The fourth-order valence-electron chi connectivity index (χ4n) is 3.18. The first-order valence-corrected chi connectivity index (χ1v) is 8.68. The Labute approximate surface area is 143 Å². The van der Waals surface area contributed by atoms with E-state index in [0.29, 0.717) is 12.3 Å². The second-order valence-electron chi connectivity index (χ2n) is 6.77. The smallest absolute Gasteiger partial charge is 0.223 e. The highest BCUT2D eigenvalue weighted by Crippen LogP contribution is 2.23.